The molecule has 214 valence electrons. The van der Waals surface area contributed by atoms with Gasteiger partial charge in [0.1, 0.15) is 6.61 Å². The number of urea groups is 1. The number of hydrogen-bond acceptors (Lipinski definition) is 6. The highest BCUT2D eigenvalue weighted by molar-refractivity contribution is 9.09. The van der Waals surface area contributed by atoms with Crippen LogP contribution in [0.2, 0.25) is 0 Å². The lowest BCUT2D eigenvalue weighted by Crippen LogP contribution is -2.50. The summed E-state index contributed by atoms with van der Waals surface area (Å²) in [5.74, 6) is -0.891. The van der Waals surface area contributed by atoms with Crippen LogP contribution >= 0.6 is 31.9 Å². The Morgan fingerprint density at radius 3 is 2.45 bits per heavy atom. The Kier molecular flexibility index (Phi) is 9.74. The molecule has 40 heavy (non-hydrogen) atoms. The third kappa shape index (κ3) is 6.53. The molecule has 0 spiro atoms. The number of nitriles is 1. The number of halogens is 5. The van der Waals surface area contributed by atoms with Gasteiger partial charge in [-0.1, -0.05) is 50.9 Å². The lowest BCUT2D eigenvalue weighted by Gasteiger charge is -2.42. The number of nitrogens with zero attached hydrogens (tertiary/aromatic N) is 3. The summed E-state index contributed by atoms with van der Waals surface area (Å²) in [7, 11) is -2.67. The van der Waals surface area contributed by atoms with Crippen LogP contribution < -0.4 is 4.90 Å². The first kappa shape index (κ1) is 31.6. The molecular formula is C26H24Br2F3N3O5S. The van der Waals surface area contributed by atoms with E-state index in [4.69, 9.17) is 4.74 Å². The van der Waals surface area contributed by atoms with E-state index >= 15 is 0 Å². The molecule has 2 amide bonds. The molecule has 1 heterocycles. The van der Waals surface area contributed by atoms with Gasteiger partial charge in [0.15, 0.2) is 9.84 Å². The third-order valence-electron chi connectivity index (χ3n) is 6.19. The zero-order valence-corrected chi connectivity index (χ0v) is 25.5. The van der Waals surface area contributed by atoms with Gasteiger partial charge >= 0.3 is 18.2 Å². The van der Waals surface area contributed by atoms with E-state index in [2.05, 4.69) is 31.9 Å². The second-order valence-electron chi connectivity index (χ2n) is 8.91. The van der Waals surface area contributed by atoms with Crippen molar-refractivity contribution in [2.24, 2.45) is 0 Å². The van der Waals surface area contributed by atoms with Gasteiger partial charge in [0, 0.05) is 23.5 Å². The number of carbonyl (C=O) groups is 2. The number of alkyl halides is 5. The lowest BCUT2D eigenvalue weighted by molar-refractivity contribution is -0.140. The standard InChI is InChI=1S/C26H24Br2F3N3O5S/c1-4-17(28)14-39-24(35)22-20(12-27)34(18-7-5-6-16(11-18)26(29,30)31)25(36)33(2)23(22)19-9-8-15(13-32)10-21(19)40(3,37)38/h5-11,17,23H,4,12,14H2,1-3H3/t17?,23-/m1/s1. The van der Waals surface area contributed by atoms with Crippen molar-refractivity contribution in [3.8, 4) is 6.07 Å². The Bertz CT molecular complexity index is 1510. The van der Waals surface area contributed by atoms with E-state index in [1.807, 2.05) is 13.0 Å². The van der Waals surface area contributed by atoms with Gasteiger partial charge in [0.25, 0.3) is 0 Å². The third-order valence-corrected chi connectivity index (χ3v) is 8.78. The SMILES string of the molecule is CCC(Br)COC(=O)C1=C(CBr)N(c2cccc(C(F)(F)F)c2)C(=O)N(C)[C@@H]1c1ccc(C#N)cc1S(C)(=O)=O. The molecule has 1 unspecified atom stereocenters. The minimum absolute atomic E-state index is 0.0242. The Hall–Kier alpha value is -2.89. The van der Waals surface area contributed by atoms with Crippen molar-refractivity contribution < 1.29 is 35.9 Å². The van der Waals surface area contributed by atoms with Crippen molar-refractivity contribution >= 4 is 59.4 Å². The average Bonchev–Trinajstić information content (AvgIpc) is 2.91. The van der Waals surface area contributed by atoms with Crippen molar-refractivity contribution in [3.63, 3.8) is 0 Å². The van der Waals surface area contributed by atoms with Gasteiger partial charge in [-0.25, -0.2) is 18.0 Å². The zero-order chi connectivity index (χ0) is 30.0. The second-order valence-corrected chi connectivity index (χ2v) is 12.8. The average molecular weight is 707 g/mol. The Morgan fingerprint density at radius 2 is 1.90 bits per heavy atom. The lowest BCUT2D eigenvalue weighted by atomic mass is 9.92. The number of sulfone groups is 1. The summed E-state index contributed by atoms with van der Waals surface area (Å²) >= 11 is 6.64. The van der Waals surface area contributed by atoms with Crippen LogP contribution in [0.1, 0.15) is 36.1 Å². The molecule has 0 bridgehead atoms. The molecular weight excluding hydrogens is 683 g/mol. The summed E-state index contributed by atoms with van der Waals surface area (Å²) in [6.45, 7) is 1.80. The van der Waals surface area contributed by atoms with E-state index in [0.717, 1.165) is 40.3 Å². The van der Waals surface area contributed by atoms with E-state index < -0.39 is 39.6 Å². The molecule has 0 saturated carbocycles. The van der Waals surface area contributed by atoms with E-state index in [1.54, 1.807) is 0 Å². The Morgan fingerprint density at radius 1 is 1.23 bits per heavy atom. The van der Waals surface area contributed by atoms with Crippen molar-refractivity contribution in [3.05, 3.63) is 70.4 Å². The maximum atomic E-state index is 13.8. The number of esters is 1. The summed E-state index contributed by atoms with van der Waals surface area (Å²) in [6, 6.07) is 7.65. The predicted molar refractivity (Wildman–Crippen MR) is 149 cm³/mol. The maximum absolute atomic E-state index is 13.8. The molecule has 1 aliphatic heterocycles. The molecule has 2 aromatic rings. The molecule has 14 heteroatoms. The molecule has 2 atom stereocenters. The van der Waals surface area contributed by atoms with Gasteiger partial charge < -0.3 is 9.64 Å². The minimum Gasteiger partial charge on any atom is -0.461 e. The van der Waals surface area contributed by atoms with Crippen molar-refractivity contribution in [1.82, 2.24) is 4.90 Å². The highest BCUT2D eigenvalue weighted by Crippen LogP contribution is 2.43. The van der Waals surface area contributed by atoms with Crippen LogP contribution in [0, 0.1) is 11.3 Å². The number of hydrogen-bond donors (Lipinski definition) is 0. The molecule has 0 aromatic heterocycles. The highest BCUT2D eigenvalue weighted by atomic mass is 79.9. The quantitative estimate of drug-likeness (QED) is 0.248. The Labute approximate surface area is 246 Å². The normalized spacial score (nSPS) is 17.1. The smallest absolute Gasteiger partial charge is 0.416 e. The molecule has 0 fully saturated rings. The summed E-state index contributed by atoms with van der Waals surface area (Å²) in [4.78, 5) is 28.9. The van der Waals surface area contributed by atoms with Crippen LogP contribution in [0.5, 0.6) is 0 Å². The molecule has 1 aliphatic rings. The topological polar surface area (TPSA) is 108 Å². The number of benzene rings is 2. The highest BCUT2D eigenvalue weighted by Gasteiger charge is 2.44. The second kappa shape index (κ2) is 12.3. The van der Waals surface area contributed by atoms with Gasteiger partial charge in [0.2, 0.25) is 0 Å². The van der Waals surface area contributed by atoms with E-state index in [1.165, 1.54) is 25.2 Å². The van der Waals surface area contributed by atoms with Gasteiger partial charge in [-0.15, -0.1) is 0 Å². The number of amides is 2. The fourth-order valence-electron chi connectivity index (χ4n) is 4.18. The summed E-state index contributed by atoms with van der Waals surface area (Å²) < 4.78 is 71.6. The first-order chi connectivity index (χ1) is 18.6. The van der Waals surface area contributed by atoms with E-state index in [-0.39, 0.29) is 49.7 Å². The van der Waals surface area contributed by atoms with Crippen LogP contribution in [0.15, 0.2) is 58.6 Å². The van der Waals surface area contributed by atoms with Crippen molar-refractivity contribution in [1.29, 1.82) is 5.26 Å². The molecule has 0 radical (unpaired) electrons. The van der Waals surface area contributed by atoms with Crippen molar-refractivity contribution in [2.45, 2.75) is 35.3 Å². The molecule has 0 saturated heterocycles. The number of ether oxygens (including phenoxy) is 1. The van der Waals surface area contributed by atoms with Gasteiger partial charge in [0.05, 0.1) is 45.1 Å². The fourth-order valence-corrected chi connectivity index (χ4v) is 5.81. The number of anilines is 1. The van der Waals surface area contributed by atoms with Crippen LogP contribution in [-0.4, -0.2) is 55.4 Å². The van der Waals surface area contributed by atoms with Crippen LogP contribution in [0.4, 0.5) is 23.7 Å². The number of likely N-dealkylation sites (N-methyl/N-ethyl adjacent to an activating group) is 1. The molecule has 0 N–H and O–H groups in total. The Balaban J connectivity index is 2.36. The summed E-state index contributed by atoms with van der Waals surface area (Å²) in [5, 5.41) is 9.17. The zero-order valence-electron chi connectivity index (χ0n) is 21.5. The first-order valence-corrected chi connectivity index (χ1v) is 15.7. The number of allylic oxidation sites excluding steroid dienone is 1. The van der Waals surface area contributed by atoms with E-state index in [9.17, 15) is 36.4 Å². The molecule has 0 aliphatic carbocycles. The van der Waals surface area contributed by atoms with Gasteiger partial charge in [-0.05, 0) is 42.3 Å². The number of rotatable bonds is 8. The summed E-state index contributed by atoms with van der Waals surface area (Å²) in [6.07, 6.45) is -3.15. The predicted octanol–water partition coefficient (Wildman–Crippen LogP) is 5.96. The van der Waals surface area contributed by atoms with Crippen LogP contribution in [0.3, 0.4) is 0 Å². The minimum atomic E-state index is -4.69. The fraction of sp³-hybridized carbons (Fsp3) is 0.346. The molecule has 2 aromatic carbocycles. The number of carbonyl (C=O) groups excluding carboxylic acids is 2. The maximum Gasteiger partial charge on any atom is 0.416 e. The largest absolute Gasteiger partial charge is 0.461 e. The van der Waals surface area contributed by atoms with Crippen molar-refractivity contribution in [2.75, 3.05) is 30.1 Å². The first-order valence-electron chi connectivity index (χ1n) is 11.7. The monoisotopic (exact) mass is 705 g/mol. The van der Waals surface area contributed by atoms with Crippen LogP contribution in [0.25, 0.3) is 0 Å². The van der Waals surface area contributed by atoms with Crippen LogP contribution in [-0.2, 0) is 25.5 Å². The van der Waals surface area contributed by atoms with Gasteiger partial charge in [-0.2, -0.15) is 18.4 Å². The summed E-state index contributed by atoms with van der Waals surface area (Å²) in [5.41, 5.74) is -1.27. The molecule has 8 nitrogen and oxygen atoms in total. The van der Waals surface area contributed by atoms with E-state index in [0.29, 0.717) is 6.42 Å². The molecule has 3 rings (SSSR count). The van der Waals surface area contributed by atoms with Gasteiger partial charge in [-0.3, -0.25) is 4.90 Å².